The van der Waals surface area contributed by atoms with Crippen molar-refractivity contribution in [3.8, 4) is 11.1 Å². The van der Waals surface area contributed by atoms with E-state index in [1.54, 1.807) is 72.8 Å². The summed E-state index contributed by atoms with van der Waals surface area (Å²) in [4.78, 5) is 28.7. The van der Waals surface area contributed by atoms with Crippen LogP contribution in [0.2, 0.25) is 0 Å². The summed E-state index contributed by atoms with van der Waals surface area (Å²) in [6.45, 7) is 0.383. The maximum atomic E-state index is 13.8. The van der Waals surface area contributed by atoms with Crippen LogP contribution in [0.15, 0.2) is 103 Å². The van der Waals surface area contributed by atoms with Crippen molar-refractivity contribution in [2.75, 3.05) is 5.32 Å². The average molecular weight is 527 g/mol. The third-order valence-electron chi connectivity index (χ3n) is 6.33. The molecule has 2 N–H and O–H groups in total. The Morgan fingerprint density at radius 3 is 2.23 bits per heavy atom. The Hall–Kier alpha value is -4.98. The monoisotopic (exact) mass is 526 g/mol. The molecule has 0 aliphatic carbocycles. The molecule has 5 aromatic rings. The van der Waals surface area contributed by atoms with Crippen molar-refractivity contribution in [3.05, 3.63) is 131 Å². The summed E-state index contributed by atoms with van der Waals surface area (Å²) in [6, 6.07) is 25.8. The molecule has 0 unspecified atom stereocenters. The average Bonchev–Trinajstić information content (AvgIpc) is 2.95. The molecule has 39 heavy (non-hydrogen) atoms. The minimum atomic E-state index is -4.62. The predicted molar refractivity (Wildman–Crippen MR) is 143 cm³/mol. The second kappa shape index (κ2) is 10.4. The van der Waals surface area contributed by atoms with Gasteiger partial charge in [0.05, 0.1) is 16.6 Å². The van der Waals surface area contributed by atoms with Crippen LogP contribution in [0.4, 0.5) is 18.9 Å². The Morgan fingerprint density at radius 2 is 1.54 bits per heavy atom. The molecule has 5 rings (SSSR count). The van der Waals surface area contributed by atoms with Crippen LogP contribution in [0.1, 0.15) is 37.4 Å². The number of halogens is 3. The summed E-state index contributed by atoms with van der Waals surface area (Å²) < 4.78 is 41.5. The van der Waals surface area contributed by atoms with E-state index in [4.69, 9.17) is 5.11 Å². The number of nitrogens with one attached hydrogen (secondary N) is 1. The molecule has 0 aliphatic heterocycles. The molecular weight excluding hydrogens is 505 g/mol. The molecule has 0 radical (unpaired) electrons. The minimum Gasteiger partial charge on any atom is -0.478 e. The third kappa shape index (κ3) is 5.36. The lowest BCUT2D eigenvalue weighted by Crippen LogP contribution is -2.09. The molecule has 0 bridgehead atoms. The Balaban J connectivity index is 1.59. The van der Waals surface area contributed by atoms with Gasteiger partial charge in [-0.25, -0.2) is 4.79 Å². The number of para-hydroxylation sites is 1. The summed E-state index contributed by atoms with van der Waals surface area (Å²) in [7, 11) is 0. The van der Waals surface area contributed by atoms with Crippen molar-refractivity contribution in [3.63, 3.8) is 0 Å². The van der Waals surface area contributed by atoms with Crippen molar-refractivity contribution < 1.29 is 27.9 Å². The maximum Gasteiger partial charge on any atom is 0.418 e. The van der Waals surface area contributed by atoms with Gasteiger partial charge < -0.3 is 10.4 Å². The lowest BCUT2D eigenvalue weighted by Gasteiger charge is -2.16. The fraction of sp³-hybridized carbons (Fsp3) is 0.0645. The summed E-state index contributed by atoms with van der Waals surface area (Å²) >= 11 is 0. The van der Waals surface area contributed by atoms with Gasteiger partial charge in [0.25, 0.3) is 0 Å². The molecule has 0 atom stereocenters. The number of aromatic carboxylic acids is 1. The fourth-order valence-corrected chi connectivity index (χ4v) is 4.43. The number of carboxylic acids is 1. The molecule has 4 aromatic carbocycles. The van der Waals surface area contributed by atoms with Crippen LogP contribution in [0, 0.1) is 0 Å². The van der Waals surface area contributed by atoms with Crippen LogP contribution in [-0.4, -0.2) is 21.8 Å². The number of nitrogens with zero attached hydrogens (tertiary/aromatic N) is 1. The van der Waals surface area contributed by atoms with Gasteiger partial charge in [-0.05, 0) is 41.5 Å². The first-order valence-electron chi connectivity index (χ1n) is 12.0. The van der Waals surface area contributed by atoms with E-state index in [1.807, 2.05) is 0 Å². The van der Waals surface area contributed by atoms with Crippen molar-refractivity contribution in [2.45, 2.75) is 12.7 Å². The number of hydrogen-bond acceptors (Lipinski definition) is 4. The van der Waals surface area contributed by atoms with Gasteiger partial charge in [-0.15, -0.1) is 0 Å². The number of pyridine rings is 1. The quantitative estimate of drug-likeness (QED) is 0.215. The summed E-state index contributed by atoms with van der Waals surface area (Å²) in [5, 5.41) is 12.6. The molecule has 0 fully saturated rings. The van der Waals surface area contributed by atoms with Gasteiger partial charge in [-0.1, -0.05) is 66.7 Å². The molecule has 8 heteroatoms. The van der Waals surface area contributed by atoms with Gasteiger partial charge >= 0.3 is 12.1 Å². The summed E-state index contributed by atoms with van der Waals surface area (Å²) in [6.07, 6.45) is -3.40. The van der Waals surface area contributed by atoms with Gasteiger partial charge in [0.1, 0.15) is 0 Å². The minimum absolute atomic E-state index is 0.180. The Morgan fingerprint density at radius 1 is 0.821 bits per heavy atom. The molecular formula is C31H21F3N2O3. The third-order valence-corrected chi connectivity index (χ3v) is 6.33. The number of rotatable bonds is 7. The normalized spacial score (nSPS) is 11.4. The number of fused-ring (bicyclic) bond motifs is 1. The lowest BCUT2D eigenvalue weighted by molar-refractivity contribution is -0.136. The first-order valence-corrected chi connectivity index (χ1v) is 12.0. The number of carboxylic acid groups (broad SMARTS) is 1. The van der Waals surface area contributed by atoms with Gasteiger partial charge in [0, 0.05) is 40.5 Å². The van der Waals surface area contributed by atoms with E-state index in [0.29, 0.717) is 28.9 Å². The molecule has 0 saturated carbocycles. The van der Waals surface area contributed by atoms with E-state index in [9.17, 15) is 22.8 Å². The van der Waals surface area contributed by atoms with E-state index in [-0.39, 0.29) is 27.8 Å². The number of benzene rings is 4. The summed E-state index contributed by atoms with van der Waals surface area (Å²) in [5.41, 5.74) is 2.07. The van der Waals surface area contributed by atoms with Crippen LogP contribution in [-0.2, 0) is 12.7 Å². The van der Waals surface area contributed by atoms with E-state index < -0.39 is 17.7 Å². The zero-order valence-electron chi connectivity index (χ0n) is 20.4. The number of anilines is 1. The second-order valence-corrected chi connectivity index (χ2v) is 8.88. The largest absolute Gasteiger partial charge is 0.478 e. The Bertz CT molecular complexity index is 1680. The standard InChI is InChI=1S/C31H21F3N2O3/c32-31(33,34)26-11-5-10-24-27(25(18-36-28(24)26)29(37)20-6-2-1-3-7-20)22-8-4-9-23(16-22)35-17-19-12-14-21(15-13-19)30(38)39/h1-16,18,35H,17H2,(H,38,39). The highest BCUT2D eigenvalue weighted by Gasteiger charge is 2.34. The first-order chi connectivity index (χ1) is 18.7. The van der Waals surface area contributed by atoms with Crippen molar-refractivity contribution >= 4 is 28.3 Å². The number of alkyl halides is 3. The Labute approximate surface area is 221 Å². The predicted octanol–water partition coefficient (Wildman–Crippen LogP) is 7.46. The topological polar surface area (TPSA) is 79.3 Å². The lowest BCUT2D eigenvalue weighted by atomic mass is 9.91. The molecule has 0 aliphatic rings. The van der Waals surface area contributed by atoms with Gasteiger partial charge in [0.2, 0.25) is 0 Å². The van der Waals surface area contributed by atoms with E-state index in [2.05, 4.69) is 10.3 Å². The number of carbonyl (C=O) groups is 2. The molecule has 0 spiro atoms. The van der Waals surface area contributed by atoms with Crippen LogP contribution < -0.4 is 5.32 Å². The maximum absolute atomic E-state index is 13.8. The van der Waals surface area contributed by atoms with Crippen molar-refractivity contribution in [1.29, 1.82) is 0 Å². The number of carbonyl (C=O) groups excluding carboxylic acids is 1. The van der Waals surface area contributed by atoms with E-state index in [1.165, 1.54) is 24.4 Å². The van der Waals surface area contributed by atoms with Crippen LogP contribution >= 0.6 is 0 Å². The van der Waals surface area contributed by atoms with E-state index in [0.717, 1.165) is 11.6 Å². The molecule has 0 amide bonds. The van der Waals surface area contributed by atoms with Crippen LogP contribution in [0.25, 0.3) is 22.0 Å². The highest BCUT2D eigenvalue weighted by atomic mass is 19.4. The second-order valence-electron chi connectivity index (χ2n) is 8.88. The molecule has 1 heterocycles. The molecule has 194 valence electrons. The van der Waals surface area contributed by atoms with Crippen LogP contribution in [0.5, 0.6) is 0 Å². The highest BCUT2D eigenvalue weighted by Crippen LogP contribution is 2.39. The van der Waals surface area contributed by atoms with Gasteiger partial charge in [-0.2, -0.15) is 13.2 Å². The number of ketones is 1. The van der Waals surface area contributed by atoms with Gasteiger partial charge in [-0.3, -0.25) is 9.78 Å². The first kappa shape index (κ1) is 25.7. The zero-order chi connectivity index (χ0) is 27.6. The fourth-order valence-electron chi connectivity index (χ4n) is 4.43. The van der Waals surface area contributed by atoms with Gasteiger partial charge in [0.15, 0.2) is 5.78 Å². The molecule has 5 nitrogen and oxygen atoms in total. The van der Waals surface area contributed by atoms with Crippen molar-refractivity contribution in [1.82, 2.24) is 4.98 Å². The number of hydrogen-bond donors (Lipinski definition) is 2. The zero-order valence-corrected chi connectivity index (χ0v) is 20.4. The smallest absolute Gasteiger partial charge is 0.418 e. The molecule has 0 saturated heterocycles. The van der Waals surface area contributed by atoms with Crippen LogP contribution in [0.3, 0.4) is 0 Å². The highest BCUT2D eigenvalue weighted by molar-refractivity contribution is 6.16. The molecule has 1 aromatic heterocycles. The van der Waals surface area contributed by atoms with E-state index >= 15 is 0 Å². The summed E-state index contributed by atoms with van der Waals surface area (Å²) in [5.74, 6) is -1.37. The Kier molecular flexibility index (Phi) is 6.85. The number of aromatic nitrogens is 1. The SMILES string of the molecule is O=C(O)c1ccc(CNc2cccc(-c3c(C(=O)c4ccccc4)cnc4c(C(F)(F)F)cccc34)c2)cc1. The van der Waals surface area contributed by atoms with Crippen molar-refractivity contribution in [2.24, 2.45) is 0 Å².